The molecule has 0 fully saturated rings. The third kappa shape index (κ3) is 8.75. The number of nitrogens with zero attached hydrogens (tertiary/aromatic N) is 4. The molecule has 0 bridgehead atoms. The number of hydrogen-bond donors (Lipinski definition) is 1. The highest BCUT2D eigenvalue weighted by Gasteiger charge is 2.04. The SMILES string of the molecule is C=CCCCN(C)C(=NCCCn1cccn1)NCC.I. The van der Waals surface area contributed by atoms with E-state index in [0.29, 0.717) is 0 Å². The summed E-state index contributed by atoms with van der Waals surface area (Å²) in [6.07, 6.45) is 8.90. The Bertz CT molecular complexity index is 389. The van der Waals surface area contributed by atoms with Crippen molar-refractivity contribution in [1.29, 1.82) is 0 Å². The van der Waals surface area contributed by atoms with Gasteiger partial charge in [0.05, 0.1) is 0 Å². The average Bonchev–Trinajstić information content (AvgIpc) is 2.95. The first-order valence-corrected chi connectivity index (χ1v) is 7.35. The number of hydrogen-bond acceptors (Lipinski definition) is 2. The van der Waals surface area contributed by atoms with E-state index in [1.807, 2.05) is 23.0 Å². The van der Waals surface area contributed by atoms with Crippen molar-refractivity contribution >= 4 is 29.9 Å². The van der Waals surface area contributed by atoms with E-state index in [1.54, 1.807) is 6.20 Å². The second kappa shape index (κ2) is 12.7. The van der Waals surface area contributed by atoms with Gasteiger partial charge in [0.25, 0.3) is 0 Å². The van der Waals surface area contributed by atoms with Crippen molar-refractivity contribution in [3.05, 3.63) is 31.1 Å². The smallest absolute Gasteiger partial charge is 0.193 e. The highest BCUT2D eigenvalue weighted by Crippen LogP contribution is 1.96. The molecule has 0 aliphatic rings. The molecule has 1 rings (SSSR count). The lowest BCUT2D eigenvalue weighted by molar-refractivity contribution is 0.468. The van der Waals surface area contributed by atoms with E-state index in [0.717, 1.165) is 51.4 Å². The first-order valence-electron chi connectivity index (χ1n) is 7.35. The Balaban J connectivity index is 0.00000400. The molecule has 0 atom stereocenters. The first kappa shape index (κ1) is 19.9. The molecule has 0 aromatic carbocycles. The molecule has 6 heteroatoms. The van der Waals surface area contributed by atoms with Crippen LogP contribution >= 0.6 is 24.0 Å². The van der Waals surface area contributed by atoms with E-state index >= 15 is 0 Å². The Morgan fingerprint density at radius 1 is 1.48 bits per heavy atom. The Hall–Kier alpha value is -1.05. The lowest BCUT2D eigenvalue weighted by atomic mass is 10.3. The number of rotatable bonds is 9. The maximum Gasteiger partial charge on any atom is 0.193 e. The molecule has 5 nitrogen and oxygen atoms in total. The summed E-state index contributed by atoms with van der Waals surface area (Å²) in [6, 6.07) is 1.95. The fraction of sp³-hybridized carbons (Fsp3) is 0.600. The van der Waals surface area contributed by atoms with Crippen LogP contribution in [0.4, 0.5) is 0 Å². The van der Waals surface area contributed by atoms with Crippen molar-refractivity contribution in [2.24, 2.45) is 4.99 Å². The topological polar surface area (TPSA) is 45.5 Å². The van der Waals surface area contributed by atoms with Crippen LogP contribution in [0.15, 0.2) is 36.1 Å². The summed E-state index contributed by atoms with van der Waals surface area (Å²) in [4.78, 5) is 6.84. The maximum atomic E-state index is 4.66. The summed E-state index contributed by atoms with van der Waals surface area (Å²) in [7, 11) is 2.08. The molecule has 1 N–H and O–H groups in total. The van der Waals surface area contributed by atoms with Crippen LogP contribution in [0.2, 0.25) is 0 Å². The van der Waals surface area contributed by atoms with Crippen molar-refractivity contribution in [1.82, 2.24) is 20.0 Å². The average molecular weight is 405 g/mol. The standard InChI is InChI=1S/C15H27N5.HI/c1-4-6-7-12-19(3)15(16-5-2)17-10-8-13-20-14-9-11-18-20;/h4,9,11,14H,1,5-8,10,12-13H2,2-3H3,(H,16,17);1H. The van der Waals surface area contributed by atoms with Crippen LogP contribution in [0.1, 0.15) is 26.2 Å². The largest absolute Gasteiger partial charge is 0.357 e. The quantitative estimate of drug-likeness (QED) is 0.226. The van der Waals surface area contributed by atoms with E-state index in [-0.39, 0.29) is 24.0 Å². The van der Waals surface area contributed by atoms with Crippen LogP contribution in [-0.4, -0.2) is 47.3 Å². The zero-order chi connectivity index (χ0) is 14.6. The fourth-order valence-electron chi connectivity index (χ4n) is 1.90. The zero-order valence-corrected chi connectivity index (χ0v) is 15.5. The molecule has 0 saturated heterocycles. The molecule has 0 aliphatic carbocycles. The van der Waals surface area contributed by atoms with E-state index in [4.69, 9.17) is 0 Å². The van der Waals surface area contributed by atoms with Crippen molar-refractivity contribution in [2.45, 2.75) is 32.7 Å². The minimum atomic E-state index is 0. The van der Waals surface area contributed by atoms with Gasteiger partial charge in [-0.3, -0.25) is 9.67 Å². The molecule has 0 unspecified atom stereocenters. The van der Waals surface area contributed by atoms with Gasteiger partial charge in [0.1, 0.15) is 0 Å². The molecule has 1 aromatic heterocycles. The minimum absolute atomic E-state index is 0. The monoisotopic (exact) mass is 405 g/mol. The first-order chi connectivity index (χ1) is 9.77. The van der Waals surface area contributed by atoms with Gasteiger partial charge in [-0.05, 0) is 32.3 Å². The molecule has 0 radical (unpaired) electrons. The fourth-order valence-corrected chi connectivity index (χ4v) is 1.90. The van der Waals surface area contributed by atoms with Crippen molar-refractivity contribution < 1.29 is 0 Å². The molecule has 21 heavy (non-hydrogen) atoms. The van der Waals surface area contributed by atoms with Gasteiger partial charge in [0, 0.05) is 45.6 Å². The van der Waals surface area contributed by atoms with E-state index < -0.39 is 0 Å². The second-order valence-electron chi connectivity index (χ2n) is 4.71. The molecule has 0 amide bonds. The maximum absolute atomic E-state index is 4.66. The summed E-state index contributed by atoms with van der Waals surface area (Å²) < 4.78 is 1.94. The van der Waals surface area contributed by atoms with Gasteiger partial charge >= 0.3 is 0 Å². The van der Waals surface area contributed by atoms with Gasteiger partial charge in [-0.2, -0.15) is 5.10 Å². The number of allylic oxidation sites excluding steroid dienone is 1. The normalized spacial score (nSPS) is 10.9. The molecule has 0 saturated carbocycles. The van der Waals surface area contributed by atoms with Crippen molar-refractivity contribution in [3.8, 4) is 0 Å². The van der Waals surface area contributed by atoms with Crippen LogP contribution in [0.3, 0.4) is 0 Å². The minimum Gasteiger partial charge on any atom is -0.357 e. The Kier molecular flexibility index (Phi) is 12.0. The van der Waals surface area contributed by atoms with E-state index in [1.165, 1.54) is 0 Å². The highest BCUT2D eigenvalue weighted by molar-refractivity contribution is 14.0. The summed E-state index contributed by atoms with van der Waals surface area (Å²) in [5.74, 6) is 0.983. The number of unbranched alkanes of at least 4 members (excludes halogenated alkanes) is 1. The number of guanidine groups is 1. The van der Waals surface area contributed by atoms with E-state index in [2.05, 4.69) is 40.9 Å². The van der Waals surface area contributed by atoms with Gasteiger partial charge in [-0.25, -0.2) is 0 Å². The summed E-state index contributed by atoms with van der Waals surface area (Å²) in [5.41, 5.74) is 0. The summed E-state index contributed by atoms with van der Waals surface area (Å²) in [5, 5.41) is 7.52. The Morgan fingerprint density at radius 3 is 2.90 bits per heavy atom. The second-order valence-corrected chi connectivity index (χ2v) is 4.71. The number of aryl methyl sites for hydroxylation is 1. The predicted octanol–water partition coefficient (Wildman–Crippen LogP) is 2.75. The van der Waals surface area contributed by atoms with Crippen molar-refractivity contribution in [3.63, 3.8) is 0 Å². The third-order valence-corrected chi connectivity index (χ3v) is 2.96. The van der Waals surface area contributed by atoms with Gasteiger partial charge in [0.2, 0.25) is 0 Å². The molecule has 120 valence electrons. The van der Waals surface area contributed by atoms with Gasteiger partial charge in [-0.15, -0.1) is 30.6 Å². The van der Waals surface area contributed by atoms with Gasteiger partial charge in [0.15, 0.2) is 5.96 Å². The molecule has 0 aliphatic heterocycles. The lowest BCUT2D eigenvalue weighted by Crippen LogP contribution is -2.39. The molecular formula is C15H28IN5. The third-order valence-electron chi connectivity index (χ3n) is 2.96. The lowest BCUT2D eigenvalue weighted by Gasteiger charge is -2.21. The van der Waals surface area contributed by atoms with Gasteiger partial charge < -0.3 is 10.2 Å². The molecule has 1 aromatic rings. The molecule has 1 heterocycles. The summed E-state index contributed by atoms with van der Waals surface area (Å²) >= 11 is 0. The van der Waals surface area contributed by atoms with Crippen molar-refractivity contribution in [2.75, 3.05) is 26.7 Å². The van der Waals surface area contributed by atoms with Gasteiger partial charge in [-0.1, -0.05) is 6.08 Å². The Labute approximate surface area is 145 Å². The number of aliphatic imine (C=N–C) groups is 1. The Morgan fingerprint density at radius 2 is 2.29 bits per heavy atom. The van der Waals surface area contributed by atoms with Crippen LogP contribution in [0.5, 0.6) is 0 Å². The van der Waals surface area contributed by atoms with Crippen LogP contribution in [0.25, 0.3) is 0 Å². The zero-order valence-electron chi connectivity index (χ0n) is 13.2. The molecule has 0 spiro atoms. The van der Waals surface area contributed by atoms with E-state index in [9.17, 15) is 0 Å². The molecular weight excluding hydrogens is 377 g/mol. The summed E-state index contributed by atoms with van der Waals surface area (Å²) in [6.45, 7) is 9.46. The van der Waals surface area contributed by atoms with Crippen LogP contribution in [-0.2, 0) is 6.54 Å². The predicted molar refractivity (Wildman–Crippen MR) is 100 cm³/mol. The van der Waals surface area contributed by atoms with Crippen LogP contribution in [0, 0.1) is 0 Å². The van der Waals surface area contributed by atoms with Crippen LogP contribution < -0.4 is 5.32 Å². The number of nitrogens with one attached hydrogen (secondary N) is 1. The number of halogens is 1. The number of aromatic nitrogens is 2. The highest BCUT2D eigenvalue weighted by atomic mass is 127.